The van der Waals surface area contributed by atoms with Crippen molar-refractivity contribution in [2.24, 2.45) is 5.92 Å². The molecule has 1 unspecified atom stereocenters. The first-order valence-electron chi connectivity index (χ1n) is 6.57. The van der Waals surface area contributed by atoms with Crippen LogP contribution in [0.1, 0.15) is 19.6 Å². The average molecular weight is 266 g/mol. The molecule has 1 N–H and O–H groups in total. The summed E-state index contributed by atoms with van der Waals surface area (Å²) in [5.74, 6) is -0.208. The van der Waals surface area contributed by atoms with Crippen LogP contribution in [0.3, 0.4) is 0 Å². The van der Waals surface area contributed by atoms with E-state index in [1.807, 2.05) is 19.2 Å². The number of aliphatic carboxylic acids is 1. The van der Waals surface area contributed by atoms with Crippen LogP contribution in [-0.2, 0) is 11.3 Å². The molecule has 0 spiro atoms. The molecule has 0 radical (unpaired) electrons. The highest BCUT2D eigenvalue weighted by molar-refractivity contribution is 5.70. The van der Waals surface area contributed by atoms with Crippen molar-refractivity contribution in [1.82, 2.24) is 9.80 Å². The summed E-state index contributed by atoms with van der Waals surface area (Å²) in [7, 11) is 1.99. The molecule has 1 aromatic rings. The molecule has 0 amide bonds. The van der Waals surface area contributed by atoms with Gasteiger partial charge >= 0.3 is 5.97 Å². The summed E-state index contributed by atoms with van der Waals surface area (Å²) in [6.07, 6.45) is 1.65. The maximum absolute atomic E-state index is 11.3. The van der Waals surface area contributed by atoms with Gasteiger partial charge in [0.1, 0.15) is 5.76 Å². The lowest BCUT2D eigenvalue weighted by Gasteiger charge is -2.36. The Bertz CT molecular complexity index is 428. The first-order chi connectivity index (χ1) is 8.88. The molecule has 2 rings (SSSR count). The van der Waals surface area contributed by atoms with Crippen LogP contribution in [0, 0.1) is 5.92 Å². The molecule has 1 aliphatic rings. The fourth-order valence-corrected chi connectivity index (χ4v) is 2.58. The van der Waals surface area contributed by atoms with E-state index in [1.165, 1.54) is 0 Å². The minimum absolute atomic E-state index is 0.0448. The zero-order chi connectivity index (χ0) is 14.0. The molecule has 5 heteroatoms. The third-order valence-corrected chi connectivity index (χ3v) is 3.93. The lowest BCUT2D eigenvalue weighted by molar-refractivity contribution is -0.142. The highest BCUT2D eigenvalue weighted by Gasteiger charge is 2.35. The fraction of sp³-hybridized carbons (Fsp3) is 0.643. The largest absolute Gasteiger partial charge is 0.481 e. The van der Waals surface area contributed by atoms with E-state index in [0.29, 0.717) is 19.6 Å². The quantitative estimate of drug-likeness (QED) is 0.898. The van der Waals surface area contributed by atoms with E-state index in [0.717, 1.165) is 12.3 Å². The molecular weight excluding hydrogens is 244 g/mol. The summed E-state index contributed by atoms with van der Waals surface area (Å²) < 4.78 is 5.37. The zero-order valence-corrected chi connectivity index (χ0v) is 11.8. The molecule has 0 saturated carbocycles. The average Bonchev–Trinajstić information content (AvgIpc) is 2.75. The number of carbonyl (C=O) groups is 1. The van der Waals surface area contributed by atoms with E-state index in [9.17, 15) is 9.90 Å². The Balaban J connectivity index is 2.14. The third-order valence-electron chi connectivity index (χ3n) is 3.93. The molecule has 0 aliphatic carbocycles. The second-order valence-corrected chi connectivity index (χ2v) is 5.98. The molecule has 1 atom stereocenters. The van der Waals surface area contributed by atoms with E-state index < -0.39 is 5.97 Å². The normalized spacial score (nSPS) is 25.1. The van der Waals surface area contributed by atoms with Gasteiger partial charge in [0.25, 0.3) is 0 Å². The Kier molecular flexibility index (Phi) is 3.96. The second kappa shape index (κ2) is 5.35. The summed E-state index contributed by atoms with van der Waals surface area (Å²) in [4.78, 5) is 15.6. The maximum Gasteiger partial charge on any atom is 0.309 e. The lowest BCUT2D eigenvalue weighted by atomic mass is 10.0. The number of hydrogen-bond acceptors (Lipinski definition) is 4. The number of nitrogens with zero attached hydrogens (tertiary/aromatic N) is 2. The van der Waals surface area contributed by atoms with Crippen molar-refractivity contribution in [1.29, 1.82) is 0 Å². The van der Waals surface area contributed by atoms with Gasteiger partial charge < -0.3 is 9.52 Å². The van der Waals surface area contributed by atoms with Crippen LogP contribution in [0.2, 0.25) is 0 Å². The van der Waals surface area contributed by atoms with E-state index in [4.69, 9.17) is 4.42 Å². The number of rotatable bonds is 3. The van der Waals surface area contributed by atoms with Gasteiger partial charge in [0.2, 0.25) is 0 Å². The molecule has 0 aromatic carbocycles. The minimum Gasteiger partial charge on any atom is -0.481 e. The van der Waals surface area contributed by atoms with Gasteiger partial charge in [0.05, 0.1) is 18.7 Å². The van der Waals surface area contributed by atoms with Gasteiger partial charge in [-0.15, -0.1) is 0 Å². The van der Waals surface area contributed by atoms with Gasteiger partial charge in [-0.3, -0.25) is 14.6 Å². The second-order valence-electron chi connectivity index (χ2n) is 5.98. The first kappa shape index (κ1) is 14.1. The first-order valence-corrected chi connectivity index (χ1v) is 6.57. The van der Waals surface area contributed by atoms with Gasteiger partial charge in [0.15, 0.2) is 0 Å². The fourth-order valence-electron chi connectivity index (χ4n) is 2.58. The van der Waals surface area contributed by atoms with Crippen molar-refractivity contribution in [2.45, 2.75) is 25.9 Å². The van der Waals surface area contributed by atoms with Crippen LogP contribution in [0.4, 0.5) is 0 Å². The molecule has 1 aliphatic heterocycles. The molecule has 1 fully saturated rings. The Morgan fingerprint density at radius 2 is 2.26 bits per heavy atom. The number of carboxylic acid groups (broad SMARTS) is 1. The molecular formula is C14H22N2O3. The van der Waals surface area contributed by atoms with E-state index in [-0.39, 0.29) is 11.5 Å². The number of furan rings is 1. The monoisotopic (exact) mass is 266 g/mol. The summed E-state index contributed by atoms with van der Waals surface area (Å²) >= 11 is 0. The predicted octanol–water partition coefficient (Wildman–Crippen LogP) is 1.51. The smallest absolute Gasteiger partial charge is 0.309 e. The summed E-state index contributed by atoms with van der Waals surface area (Å²) in [6, 6.07) is 3.79. The molecule has 106 valence electrons. The Morgan fingerprint density at radius 3 is 2.84 bits per heavy atom. The van der Waals surface area contributed by atoms with Crippen molar-refractivity contribution in [3.63, 3.8) is 0 Å². The highest BCUT2D eigenvalue weighted by Crippen LogP contribution is 2.23. The van der Waals surface area contributed by atoms with Gasteiger partial charge in [-0.05, 0) is 33.0 Å². The number of likely N-dealkylation sites (N-methyl/N-ethyl adjacent to an activating group) is 1. The molecule has 1 aromatic heterocycles. The minimum atomic E-state index is -0.728. The summed E-state index contributed by atoms with van der Waals surface area (Å²) in [5.41, 5.74) is -0.0448. The van der Waals surface area contributed by atoms with Crippen molar-refractivity contribution >= 4 is 5.97 Å². The van der Waals surface area contributed by atoms with Crippen LogP contribution in [0.25, 0.3) is 0 Å². The Labute approximate surface area is 113 Å². The van der Waals surface area contributed by atoms with Crippen molar-refractivity contribution < 1.29 is 14.3 Å². The van der Waals surface area contributed by atoms with E-state index >= 15 is 0 Å². The Morgan fingerprint density at radius 1 is 1.53 bits per heavy atom. The van der Waals surface area contributed by atoms with Crippen LogP contribution in [-0.4, -0.2) is 53.1 Å². The van der Waals surface area contributed by atoms with Crippen molar-refractivity contribution in [3.8, 4) is 0 Å². The van der Waals surface area contributed by atoms with Gasteiger partial charge in [-0.2, -0.15) is 0 Å². The van der Waals surface area contributed by atoms with Crippen LogP contribution >= 0.6 is 0 Å². The molecule has 2 heterocycles. The third kappa shape index (κ3) is 3.36. The van der Waals surface area contributed by atoms with Crippen LogP contribution in [0.5, 0.6) is 0 Å². The van der Waals surface area contributed by atoms with Gasteiger partial charge in [-0.1, -0.05) is 0 Å². The molecule has 1 saturated heterocycles. The van der Waals surface area contributed by atoms with E-state index in [1.54, 1.807) is 6.26 Å². The highest BCUT2D eigenvalue weighted by atomic mass is 16.4. The van der Waals surface area contributed by atoms with Crippen molar-refractivity contribution in [3.05, 3.63) is 24.2 Å². The van der Waals surface area contributed by atoms with Gasteiger partial charge in [0, 0.05) is 25.2 Å². The molecule has 19 heavy (non-hydrogen) atoms. The molecule has 0 bridgehead atoms. The Hall–Kier alpha value is -1.33. The predicted molar refractivity (Wildman–Crippen MR) is 71.8 cm³/mol. The summed E-state index contributed by atoms with van der Waals surface area (Å²) in [5, 5.41) is 9.32. The number of hydrogen-bond donors (Lipinski definition) is 1. The summed E-state index contributed by atoms with van der Waals surface area (Å²) in [6.45, 7) is 6.92. The maximum atomic E-state index is 11.3. The number of carboxylic acids is 1. The lowest BCUT2D eigenvalue weighted by Crippen LogP contribution is -2.47. The molecule has 5 nitrogen and oxygen atoms in total. The van der Waals surface area contributed by atoms with Gasteiger partial charge in [-0.25, -0.2) is 0 Å². The van der Waals surface area contributed by atoms with Crippen molar-refractivity contribution in [2.75, 3.05) is 26.7 Å². The topological polar surface area (TPSA) is 56.9 Å². The SMILES string of the molecule is CN1CC(C(=O)O)CN(Cc2ccco2)CC1(C)C. The van der Waals surface area contributed by atoms with Crippen LogP contribution in [0.15, 0.2) is 22.8 Å². The standard InChI is InChI=1S/C14H22N2O3/c1-14(2)10-16(9-12-5-4-6-19-12)8-11(13(17)18)7-15(14)3/h4-6,11H,7-10H2,1-3H3,(H,17,18). The zero-order valence-electron chi connectivity index (χ0n) is 11.8. The van der Waals surface area contributed by atoms with Crippen LogP contribution < -0.4 is 0 Å². The van der Waals surface area contributed by atoms with E-state index in [2.05, 4.69) is 23.6 Å².